The standard InChI is InChI=1S/C23H21F4N3O3/c1-2-30(10-11-31)21-20(15-4-3-5-17(24)12-15)13-16(14-28-21)22(32)29-18-6-8-19(9-7-18)33-23(25,26)27/h3-9,12-14,31H,2,10-11H2,1H3,(H,29,32). The number of hydrogen-bond donors (Lipinski definition) is 2. The van der Waals surface area contributed by atoms with Crippen LogP contribution in [0.4, 0.5) is 29.1 Å². The number of aliphatic hydroxyl groups excluding tert-OH is 1. The number of benzene rings is 2. The van der Waals surface area contributed by atoms with Crippen LogP contribution >= 0.6 is 0 Å². The Labute approximate surface area is 187 Å². The molecule has 1 heterocycles. The van der Waals surface area contributed by atoms with E-state index in [1.165, 1.54) is 36.5 Å². The normalized spacial score (nSPS) is 11.2. The van der Waals surface area contributed by atoms with E-state index in [0.717, 1.165) is 12.1 Å². The zero-order valence-corrected chi connectivity index (χ0v) is 17.6. The lowest BCUT2D eigenvalue weighted by molar-refractivity contribution is -0.274. The monoisotopic (exact) mass is 463 g/mol. The molecule has 0 saturated heterocycles. The van der Waals surface area contributed by atoms with Gasteiger partial charge in [-0.05, 0) is 55.0 Å². The maximum absolute atomic E-state index is 13.9. The maximum atomic E-state index is 13.9. The van der Waals surface area contributed by atoms with Crippen LogP contribution in [0.3, 0.4) is 0 Å². The summed E-state index contributed by atoms with van der Waals surface area (Å²) in [5.41, 5.74) is 1.40. The van der Waals surface area contributed by atoms with Crippen LogP contribution in [0.5, 0.6) is 5.75 Å². The van der Waals surface area contributed by atoms with Gasteiger partial charge in [0.2, 0.25) is 0 Å². The van der Waals surface area contributed by atoms with Gasteiger partial charge in [-0.25, -0.2) is 9.37 Å². The summed E-state index contributed by atoms with van der Waals surface area (Å²) in [6, 6.07) is 12.1. The Morgan fingerprint density at radius 3 is 2.48 bits per heavy atom. The van der Waals surface area contributed by atoms with E-state index in [-0.39, 0.29) is 17.9 Å². The van der Waals surface area contributed by atoms with Gasteiger partial charge in [-0.2, -0.15) is 0 Å². The van der Waals surface area contributed by atoms with Gasteiger partial charge in [-0.1, -0.05) is 12.1 Å². The number of halogens is 4. The molecule has 1 amide bonds. The number of anilines is 2. The summed E-state index contributed by atoms with van der Waals surface area (Å²) in [4.78, 5) is 18.9. The van der Waals surface area contributed by atoms with Crippen LogP contribution in [0.2, 0.25) is 0 Å². The zero-order valence-electron chi connectivity index (χ0n) is 17.6. The van der Waals surface area contributed by atoms with Crippen molar-refractivity contribution in [3.63, 3.8) is 0 Å². The maximum Gasteiger partial charge on any atom is 0.573 e. The molecule has 6 nitrogen and oxygen atoms in total. The van der Waals surface area contributed by atoms with Gasteiger partial charge >= 0.3 is 6.36 Å². The highest BCUT2D eigenvalue weighted by Crippen LogP contribution is 2.31. The molecule has 174 valence electrons. The lowest BCUT2D eigenvalue weighted by Gasteiger charge is -2.24. The number of ether oxygens (including phenoxy) is 1. The van der Waals surface area contributed by atoms with E-state index in [1.807, 2.05) is 6.92 Å². The number of carbonyl (C=O) groups is 1. The highest BCUT2D eigenvalue weighted by molar-refractivity contribution is 6.05. The van der Waals surface area contributed by atoms with E-state index < -0.39 is 23.8 Å². The summed E-state index contributed by atoms with van der Waals surface area (Å²) in [6.07, 6.45) is -3.47. The quantitative estimate of drug-likeness (QED) is 0.467. The number of aromatic nitrogens is 1. The van der Waals surface area contributed by atoms with Gasteiger partial charge < -0.3 is 20.1 Å². The van der Waals surface area contributed by atoms with Crippen molar-refractivity contribution in [1.29, 1.82) is 0 Å². The van der Waals surface area contributed by atoms with E-state index >= 15 is 0 Å². The molecule has 0 aliphatic rings. The van der Waals surface area contributed by atoms with Crippen LogP contribution in [-0.2, 0) is 0 Å². The topological polar surface area (TPSA) is 74.7 Å². The number of hydrogen-bond acceptors (Lipinski definition) is 5. The second kappa shape index (κ2) is 10.3. The minimum absolute atomic E-state index is 0.117. The third kappa shape index (κ3) is 6.42. The smallest absolute Gasteiger partial charge is 0.406 e. The van der Waals surface area contributed by atoms with Crippen molar-refractivity contribution < 1.29 is 32.2 Å². The Kier molecular flexibility index (Phi) is 7.49. The predicted octanol–water partition coefficient (Wildman–Crippen LogP) is 4.86. The second-order valence-electron chi connectivity index (χ2n) is 6.94. The molecule has 3 aromatic rings. The Hall–Kier alpha value is -3.66. The Morgan fingerprint density at radius 1 is 1.15 bits per heavy atom. The molecule has 1 aromatic heterocycles. The summed E-state index contributed by atoms with van der Waals surface area (Å²) >= 11 is 0. The van der Waals surface area contributed by atoms with Gasteiger partial charge in [0.1, 0.15) is 17.4 Å². The van der Waals surface area contributed by atoms with E-state index in [4.69, 9.17) is 0 Å². The van der Waals surface area contributed by atoms with Crippen molar-refractivity contribution in [1.82, 2.24) is 4.98 Å². The predicted molar refractivity (Wildman–Crippen MR) is 116 cm³/mol. The Balaban J connectivity index is 1.90. The van der Waals surface area contributed by atoms with Gasteiger partial charge in [0.05, 0.1) is 12.2 Å². The molecule has 0 aliphatic carbocycles. The van der Waals surface area contributed by atoms with Crippen molar-refractivity contribution in [2.24, 2.45) is 0 Å². The first kappa shape index (κ1) is 24.0. The first-order valence-electron chi connectivity index (χ1n) is 9.99. The fraction of sp³-hybridized carbons (Fsp3) is 0.217. The molecule has 0 radical (unpaired) electrons. The summed E-state index contributed by atoms with van der Waals surface area (Å²) < 4.78 is 54.6. The minimum atomic E-state index is -4.81. The SMILES string of the molecule is CCN(CCO)c1ncc(C(=O)Nc2ccc(OC(F)(F)F)cc2)cc1-c1cccc(F)c1. The first-order valence-corrected chi connectivity index (χ1v) is 9.99. The number of alkyl halides is 3. The summed E-state index contributed by atoms with van der Waals surface area (Å²) in [5.74, 6) is -0.952. The molecule has 3 rings (SSSR count). The van der Waals surface area contributed by atoms with Crippen LogP contribution in [0, 0.1) is 5.82 Å². The highest BCUT2D eigenvalue weighted by Gasteiger charge is 2.31. The molecule has 0 saturated carbocycles. The van der Waals surface area contributed by atoms with Crippen molar-refractivity contribution in [2.75, 3.05) is 29.9 Å². The Bertz CT molecular complexity index is 1100. The number of aliphatic hydroxyl groups is 1. The second-order valence-corrected chi connectivity index (χ2v) is 6.94. The van der Waals surface area contributed by atoms with Crippen molar-refractivity contribution in [2.45, 2.75) is 13.3 Å². The largest absolute Gasteiger partial charge is 0.573 e. The van der Waals surface area contributed by atoms with Gasteiger partial charge in [-0.15, -0.1) is 13.2 Å². The van der Waals surface area contributed by atoms with Crippen LogP contribution in [0.25, 0.3) is 11.1 Å². The van der Waals surface area contributed by atoms with Gasteiger partial charge in [0.25, 0.3) is 5.91 Å². The Morgan fingerprint density at radius 2 is 1.88 bits per heavy atom. The van der Waals surface area contributed by atoms with Crippen molar-refractivity contribution >= 4 is 17.4 Å². The number of nitrogens with one attached hydrogen (secondary N) is 1. The fourth-order valence-electron chi connectivity index (χ4n) is 3.18. The van der Waals surface area contributed by atoms with Gasteiger partial charge in [0.15, 0.2) is 0 Å². The third-order valence-corrected chi connectivity index (χ3v) is 4.66. The minimum Gasteiger partial charge on any atom is -0.406 e. The van der Waals surface area contributed by atoms with E-state index in [9.17, 15) is 27.5 Å². The molecule has 0 unspecified atom stereocenters. The average Bonchev–Trinajstić information content (AvgIpc) is 2.77. The number of carbonyl (C=O) groups excluding carboxylic acids is 1. The third-order valence-electron chi connectivity index (χ3n) is 4.66. The molecule has 0 fully saturated rings. The number of likely N-dealkylation sites (N-methyl/N-ethyl adjacent to an activating group) is 1. The average molecular weight is 463 g/mol. The van der Waals surface area contributed by atoms with E-state index in [2.05, 4.69) is 15.0 Å². The van der Waals surface area contributed by atoms with Gasteiger partial charge in [0, 0.05) is 30.5 Å². The van der Waals surface area contributed by atoms with Gasteiger partial charge in [-0.3, -0.25) is 4.79 Å². The molecule has 0 bridgehead atoms. The molecule has 2 N–H and O–H groups in total. The van der Waals surface area contributed by atoms with E-state index in [0.29, 0.717) is 30.0 Å². The molecular weight excluding hydrogens is 442 g/mol. The van der Waals surface area contributed by atoms with E-state index in [1.54, 1.807) is 17.0 Å². The van der Waals surface area contributed by atoms with Crippen molar-refractivity contribution in [3.05, 3.63) is 72.2 Å². The lowest BCUT2D eigenvalue weighted by atomic mass is 10.0. The fourth-order valence-corrected chi connectivity index (χ4v) is 3.18. The zero-order chi connectivity index (χ0) is 24.0. The van der Waals surface area contributed by atoms with Crippen LogP contribution < -0.4 is 15.0 Å². The first-order chi connectivity index (χ1) is 15.7. The number of nitrogens with zero attached hydrogens (tertiary/aromatic N) is 2. The van der Waals surface area contributed by atoms with Crippen LogP contribution in [0.1, 0.15) is 17.3 Å². The van der Waals surface area contributed by atoms with Crippen molar-refractivity contribution in [3.8, 4) is 16.9 Å². The number of rotatable bonds is 8. The number of pyridine rings is 1. The molecule has 0 atom stereocenters. The summed E-state index contributed by atoms with van der Waals surface area (Å²) in [5, 5.41) is 11.9. The van der Waals surface area contributed by atoms with Crippen LogP contribution in [-0.4, -0.2) is 42.1 Å². The molecule has 33 heavy (non-hydrogen) atoms. The summed E-state index contributed by atoms with van der Waals surface area (Å²) in [7, 11) is 0. The highest BCUT2D eigenvalue weighted by atomic mass is 19.4. The molecule has 0 aliphatic heterocycles. The molecular formula is C23H21F4N3O3. The number of amides is 1. The molecule has 10 heteroatoms. The molecule has 0 spiro atoms. The lowest BCUT2D eigenvalue weighted by Crippen LogP contribution is -2.28. The van der Waals surface area contributed by atoms with Crippen LogP contribution in [0.15, 0.2) is 60.8 Å². The molecule has 2 aromatic carbocycles. The summed E-state index contributed by atoms with van der Waals surface area (Å²) in [6.45, 7) is 2.57.